The van der Waals surface area contributed by atoms with Crippen molar-refractivity contribution in [1.82, 2.24) is 19.9 Å². The number of ether oxygens (including phenoxy) is 2. The summed E-state index contributed by atoms with van der Waals surface area (Å²) in [6.45, 7) is 2.82. The van der Waals surface area contributed by atoms with Gasteiger partial charge in [0.15, 0.2) is 23.0 Å². The highest BCUT2D eigenvalue weighted by Gasteiger charge is 2.10. The van der Waals surface area contributed by atoms with Gasteiger partial charge >= 0.3 is 0 Å². The molecule has 6 heteroatoms. The minimum Gasteiger partial charge on any atom is -0.493 e. The van der Waals surface area contributed by atoms with Crippen LogP contribution in [0.5, 0.6) is 11.5 Å². The molecule has 1 unspecified atom stereocenters. The predicted molar refractivity (Wildman–Crippen MR) is 92.5 cm³/mol. The third kappa shape index (κ3) is 3.49. The van der Waals surface area contributed by atoms with E-state index in [2.05, 4.69) is 28.5 Å². The molecule has 1 N–H and O–H groups in total. The summed E-state index contributed by atoms with van der Waals surface area (Å²) in [6, 6.07) is 12.2. The van der Waals surface area contributed by atoms with Crippen LogP contribution in [0.25, 0.3) is 5.65 Å². The normalized spacial score (nSPS) is 12.3. The van der Waals surface area contributed by atoms with Gasteiger partial charge in [-0.05, 0) is 43.2 Å². The van der Waals surface area contributed by atoms with E-state index in [1.54, 1.807) is 14.2 Å². The number of methoxy groups -OCH3 is 2. The van der Waals surface area contributed by atoms with Gasteiger partial charge in [0.1, 0.15) is 0 Å². The maximum Gasteiger partial charge on any atom is 0.160 e. The number of pyridine rings is 1. The molecule has 0 spiro atoms. The molecule has 6 nitrogen and oxygen atoms in total. The average Bonchev–Trinajstić information content (AvgIpc) is 3.03. The van der Waals surface area contributed by atoms with E-state index in [4.69, 9.17) is 9.47 Å². The maximum atomic E-state index is 5.36. The van der Waals surface area contributed by atoms with Crippen molar-refractivity contribution in [3.63, 3.8) is 0 Å². The van der Waals surface area contributed by atoms with E-state index in [9.17, 15) is 0 Å². The molecule has 1 atom stereocenters. The summed E-state index contributed by atoms with van der Waals surface area (Å²) in [5.74, 6) is 2.41. The van der Waals surface area contributed by atoms with E-state index < -0.39 is 0 Å². The molecule has 0 amide bonds. The molecule has 0 saturated heterocycles. The number of fused-ring (bicyclic) bond motifs is 1. The number of hydrogen-bond acceptors (Lipinski definition) is 5. The highest BCUT2D eigenvalue weighted by Crippen LogP contribution is 2.27. The van der Waals surface area contributed by atoms with Crippen molar-refractivity contribution in [1.29, 1.82) is 0 Å². The quantitative estimate of drug-likeness (QED) is 0.723. The highest BCUT2D eigenvalue weighted by molar-refractivity contribution is 5.43. The van der Waals surface area contributed by atoms with E-state index in [0.29, 0.717) is 12.6 Å². The minimum absolute atomic E-state index is 0.291. The fourth-order valence-electron chi connectivity index (χ4n) is 2.71. The molecule has 24 heavy (non-hydrogen) atoms. The summed E-state index contributed by atoms with van der Waals surface area (Å²) in [5.41, 5.74) is 2.06. The molecular formula is C18H22N4O2. The SMILES string of the molecule is COc1ccc(CC(C)NCc2nnc3ccccn23)cc1OC. The van der Waals surface area contributed by atoms with Crippen molar-refractivity contribution >= 4 is 5.65 Å². The van der Waals surface area contributed by atoms with Crippen molar-refractivity contribution < 1.29 is 9.47 Å². The number of aromatic nitrogens is 3. The van der Waals surface area contributed by atoms with Crippen LogP contribution in [0.4, 0.5) is 0 Å². The Labute approximate surface area is 141 Å². The van der Waals surface area contributed by atoms with Gasteiger partial charge in [0.05, 0.1) is 20.8 Å². The Kier molecular flexibility index (Phi) is 4.96. The van der Waals surface area contributed by atoms with Crippen molar-refractivity contribution in [2.24, 2.45) is 0 Å². The summed E-state index contributed by atoms with van der Waals surface area (Å²) in [4.78, 5) is 0. The highest BCUT2D eigenvalue weighted by atomic mass is 16.5. The zero-order valence-corrected chi connectivity index (χ0v) is 14.2. The molecule has 0 bridgehead atoms. The molecule has 0 saturated carbocycles. The molecule has 3 aromatic rings. The van der Waals surface area contributed by atoms with Crippen molar-refractivity contribution in [3.8, 4) is 11.5 Å². The van der Waals surface area contributed by atoms with Crippen LogP contribution in [0.2, 0.25) is 0 Å². The topological polar surface area (TPSA) is 60.7 Å². The molecule has 0 aliphatic rings. The third-order valence-electron chi connectivity index (χ3n) is 3.98. The van der Waals surface area contributed by atoms with Crippen LogP contribution < -0.4 is 14.8 Å². The van der Waals surface area contributed by atoms with Crippen LogP contribution in [-0.4, -0.2) is 34.9 Å². The second-order valence-corrected chi connectivity index (χ2v) is 5.72. The zero-order chi connectivity index (χ0) is 16.9. The average molecular weight is 326 g/mol. The van der Waals surface area contributed by atoms with E-state index >= 15 is 0 Å². The van der Waals surface area contributed by atoms with Crippen LogP contribution in [0.15, 0.2) is 42.6 Å². The Balaban J connectivity index is 1.62. The molecule has 2 heterocycles. The first-order valence-corrected chi connectivity index (χ1v) is 7.94. The van der Waals surface area contributed by atoms with Gasteiger partial charge in [0.2, 0.25) is 0 Å². The summed E-state index contributed by atoms with van der Waals surface area (Å²) >= 11 is 0. The number of nitrogens with one attached hydrogen (secondary N) is 1. The van der Waals surface area contributed by atoms with Gasteiger partial charge in [-0.15, -0.1) is 10.2 Å². The number of benzene rings is 1. The zero-order valence-electron chi connectivity index (χ0n) is 14.2. The van der Waals surface area contributed by atoms with Crippen LogP contribution >= 0.6 is 0 Å². The first kappa shape index (κ1) is 16.3. The molecule has 0 aliphatic carbocycles. The van der Waals surface area contributed by atoms with Gasteiger partial charge in [-0.3, -0.25) is 4.40 Å². The third-order valence-corrected chi connectivity index (χ3v) is 3.98. The number of rotatable bonds is 7. The Morgan fingerprint density at radius 1 is 1.08 bits per heavy atom. The van der Waals surface area contributed by atoms with Crippen LogP contribution in [-0.2, 0) is 13.0 Å². The number of hydrogen-bond donors (Lipinski definition) is 1. The molecule has 3 rings (SSSR count). The molecule has 126 valence electrons. The molecule has 0 fully saturated rings. The predicted octanol–water partition coefficient (Wildman–Crippen LogP) is 2.47. The Morgan fingerprint density at radius 2 is 1.92 bits per heavy atom. The first-order chi connectivity index (χ1) is 11.7. The fourth-order valence-corrected chi connectivity index (χ4v) is 2.71. The molecule has 0 radical (unpaired) electrons. The van der Waals surface area contributed by atoms with Crippen molar-refractivity contribution in [3.05, 3.63) is 54.0 Å². The molecule has 1 aromatic carbocycles. The maximum absolute atomic E-state index is 5.36. The van der Waals surface area contributed by atoms with E-state index in [1.807, 2.05) is 40.9 Å². The van der Waals surface area contributed by atoms with Gasteiger partial charge in [0, 0.05) is 12.2 Å². The van der Waals surface area contributed by atoms with Crippen LogP contribution in [0.3, 0.4) is 0 Å². The number of nitrogens with zero attached hydrogens (tertiary/aromatic N) is 3. The van der Waals surface area contributed by atoms with Gasteiger partial charge in [-0.25, -0.2) is 0 Å². The van der Waals surface area contributed by atoms with E-state index in [1.165, 1.54) is 5.56 Å². The Hall–Kier alpha value is -2.60. The van der Waals surface area contributed by atoms with Gasteiger partial charge < -0.3 is 14.8 Å². The van der Waals surface area contributed by atoms with Gasteiger partial charge in [0.25, 0.3) is 0 Å². The van der Waals surface area contributed by atoms with Gasteiger partial charge in [-0.1, -0.05) is 12.1 Å². The molecule has 2 aromatic heterocycles. The smallest absolute Gasteiger partial charge is 0.160 e. The second kappa shape index (κ2) is 7.31. The van der Waals surface area contributed by atoms with Crippen molar-refractivity contribution in [2.75, 3.05) is 14.2 Å². The lowest BCUT2D eigenvalue weighted by Gasteiger charge is -2.15. The molecule has 0 aliphatic heterocycles. The van der Waals surface area contributed by atoms with E-state index in [-0.39, 0.29) is 0 Å². The molecular weight excluding hydrogens is 304 g/mol. The first-order valence-electron chi connectivity index (χ1n) is 7.94. The van der Waals surface area contributed by atoms with Crippen LogP contribution in [0, 0.1) is 0 Å². The largest absolute Gasteiger partial charge is 0.493 e. The van der Waals surface area contributed by atoms with Crippen molar-refractivity contribution in [2.45, 2.75) is 25.9 Å². The lowest BCUT2D eigenvalue weighted by Crippen LogP contribution is -2.28. The lowest BCUT2D eigenvalue weighted by molar-refractivity contribution is 0.354. The van der Waals surface area contributed by atoms with Gasteiger partial charge in [-0.2, -0.15) is 0 Å². The Morgan fingerprint density at radius 3 is 2.71 bits per heavy atom. The standard InChI is InChI=1S/C18H22N4O2/c1-13(10-14-7-8-15(23-2)16(11-14)24-3)19-12-18-21-20-17-6-4-5-9-22(17)18/h4-9,11,13,19H,10,12H2,1-3H3. The minimum atomic E-state index is 0.291. The fraction of sp³-hybridized carbons (Fsp3) is 0.333. The monoisotopic (exact) mass is 326 g/mol. The summed E-state index contributed by atoms with van der Waals surface area (Å²) < 4.78 is 12.6. The summed E-state index contributed by atoms with van der Waals surface area (Å²) in [6.07, 6.45) is 2.86. The Bertz CT molecular complexity index is 816. The summed E-state index contributed by atoms with van der Waals surface area (Å²) in [7, 11) is 3.30. The lowest BCUT2D eigenvalue weighted by atomic mass is 10.1. The van der Waals surface area contributed by atoms with E-state index in [0.717, 1.165) is 29.4 Å². The summed E-state index contributed by atoms with van der Waals surface area (Å²) in [5, 5.41) is 11.9. The van der Waals surface area contributed by atoms with Crippen LogP contribution in [0.1, 0.15) is 18.3 Å². The second-order valence-electron chi connectivity index (χ2n) is 5.72.